The van der Waals surface area contributed by atoms with E-state index in [9.17, 15) is 0 Å². The molecule has 2 heteroatoms. The van der Waals surface area contributed by atoms with E-state index in [0.29, 0.717) is 23.6 Å². The molecule has 2 aliphatic rings. The normalized spacial score (nSPS) is 35.6. The second-order valence-electron chi connectivity index (χ2n) is 6.55. The van der Waals surface area contributed by atoms with Gasteiger partial charge in [-0.05, 0) is 43.7 Å². The van der Waals surface area contributed by atoms with Gasteiger partial charge < -0.3 is 10.1 Å². The molecule has 0 aromatic heterocycles. The molecule has 4 unspecified atom stereocenters. The predicted octanol–water partition coefficient (Wildman–Crippen LogP) is 3.86. The highest BCUT2D eigenvalue weighted by Gasteiger charge is 2.51. The van der Waals surface area contributed by atoms with E-state index in [4.69, 9.17) is 4.74 Å². The van der Waals surface area contributed by atoms with Gasteiger partial charge in [-0.1, -0.05) is 38.1 Å². The van der Waals surface area contributed by atoms with Crippen LogP contribution in [0.3, 0.4) is 0 Å². The summed E-state index contributed by atoms with van der Waals surface area (Å²) in [6.07, 6.45) is 5.25. The van der Waals surface area contributed by atoms with E-state index >= 15 is 0 Å². The molecule has 4 atom stereocenters. The first-order valence-corrected chi connectivity index (χ1v) is 8.14. The van der Waals surface area contributed by atoms with Crippen LogP contribution in [0, 0.1) is 5.41 Å². The van der Waals surface area contributed by atoms with Crippen molar-refractivity contribution < 1.29 is 4.74 Å². The van der Waals surface area contributed by atoms with Gasteiger partial charge in [-0.2, -0.15) is 0 Å². The predicted molar refractivity (Wildman–Crippen MR) is 82.9 cm³/mol. The minimum absolute atomic E-state index is 0.299. The SMILES string of the molecule is CCOC1CC(NC2CCc3ccccc32)C1(C)CC. The number of benzene rings is 1. The number of nitrogens with one attached hydrogen (secondary N) is 1. The monoisotopic (exact) mass is 273 g/mol. The summed E-state index contributed by atoms with van der Waals surface area (Å²) in [6, 6.07) is 10.0. The first-order valence-electron chi connectivity index (χ1n) is 8.14. The maximum atomic E-state index is 5.91. The third-order valence-corrected chi connectivity index (χ3v) is 5.65. The van der Waals surface area contributed by atoms with E-state index < -0.39 is 0 Å². The number of hydrogen-bond acceptors (Lipinski definition) is 2. The quantitative estimate of drug-likeness (QED) is 0.879. The maximum absolute atomic E-state index is 5.91. The highest BCUT2D eigenvalue weighted by atomic mass is 16.5. The van der Waals surface area contributed by atoms with Crippen molar-refractivity contribution in [1.82, 2.24) is 5.32 Å². The number of fused-ring (bicyclic) bond motifs is 1. The van der Waals surface area contributed by atoms with Gasteiger partial charge in [-0.25, -0.2) is 0 Å². The lowest BCUT2D eigenvalue weighted by Crippen LogP contribution is -2.62. The summed E-state index contributed by atoms with van der Waals surface area (Å²) in [4.78, 5) is 0. The number of hydrogen-bond donors (Lipinski definition) is 1. The van der Waals surface area contributed by atoms with Gasteiger partial charge in [0.1, 0.15) is 0 Å². The Morgan fingerprint density at radius 2 is 2.10 bits per heavy atom. The second kappa shape index (κ2) is 5.50. The molecule has 20 heavy (non-hydrogen) atoms. The Labute approximate surface area is 122 Å². The fraction of sp³-hybridized carbons (Fsp3) is 0.667. The molecule has 3 rings (SSSR count). The Balaban J connectivity index is 1.68. The molecule has 1 saturated carbocycles. The highest BCUT2D eigenvalue weighted by molar-refractivity contribution is 5.34. The highest BCUT2D eigenvalue weighted by Crippen LogP contribution is 2.47. The molecule has 0 spiro atoms. The smallest absolute Gasteiger partial charge is 0.0658 e. The molecular formula is C18H27NO. The molecule has 1 fully saturated rings. The van der Waals surface area contributed by atoms with Crippen LogP contribution in [0.15, 0.2) is 24.3 Å². The van der Waals surface area contributed by atoms with E-state index in [1.807, 2.05) is 0 Å². The minimum Gasteiger partial charge on any atom is -0.378 e. The van der Waals surface area contributed by atoms with Crippen LogP contribution in [0.5, 0.6) is 0 Å². The lowest BCUT2D eigenvalue weighted by Gasteiger charge is -2.54. The van der Waals surface area contributed by atoms with Crippen LogP contribution in [0.25, 0.3) is 0 Å². The molecule has 0 saturated heterocycles. The average Bonchev–Trinajstić information content (AvgIpc) is 2.88. The zero-order chi connectivity index (χ0) is 14.2. The number of ether oxygens (including phenoxy) is 1. The third kappa shape index (κ3) is 2.19. The molecule has 1 N–H and O–H groups in total. The van der Waals surface area contributed by atoms with Crippen molar-refractivity contribution >= 4 is 0 Å². The topological polar surface area (TPSA) is 21.3 Å². The molecule has 1 aromatic carbocycles. The standard InChI is InChI=1S/C18H27NO/c1-4-18(3)16(12-17(18)20-5-2)19-15-11-10-13-8-6-7-9-14(13)15/h6-9,15-17,19H,4-5,10-12H2,1-3H3. The number of rotatable bonds is 5. The van der Waals surface area contributed by atoms with Gasteiger partial charge in [0, 0.05) is 24.1 Å². The van der Waals surface area contributed by atoms with Crippen molar-refractivity contribution in [3.05, 3.63) is 35.4 Å². The summed E-state index contributed by atoms with van der Waals surface area (Å²) in [5.74, 6) is 0. The molecule has 2 nitrogen and oxygen atoms in total. The van der Waals surface area contributed by atoms with E-state index in [2.05, 4.69) is 50.4 Å². The van der Waals surface area contributed by atoms with Crippen LogP contribution >= 0.6 is 0 Å². The van der Waals surface area contributed by atoms with Crippen LogP contribution < -0.4 is 5.32 Å². The van der Waals surface area contributed by atoms with Gasteiger partial charge in [0.25, 0.3) is 0 Å². The zero-order valence-electron chi connectivity index (χ0n) is 13.0. The van der Waals surface area contributed by atoms with E-state index in [1.54, 1.807) is 0 Å². The Morgan fingerprint density at radius 1 is 1.30 bits per heavy atom. The average molecular weight is 273 g/mol. The van der Waals surface area contributed by atoms with Crippen molar-refractivity contribution in [3.63, 3.8) is 0 Å². The van der Waals surface area contributed by atoms with Crippen LogP contribution in [-0.4, -0.2) is 18.8 Å². The first-order chi connectivity index (χ1) is 9.69. The molecule has 0 amide bonds. The second-order valence-corrected chi connectivity index (χ2v) is 6.55. The minimum atomic E-state index is 0.299. The molecule has 0 heterocycles. The maximum Gasteiger partial charge on any atom is 0.0658 e. The van der Waals surface area contributed by atoms with E-state index in [-0.39, 0.29) is 0 Å². The van der Waals surface area contributed by atoms with Gasteiger partial charge >= 0.3 is 0 Å². The molecule has 110 valence electrons. The molecular weight excluding hydrogens is 246 g/mol. The van der Waals surface area contributed by atoms with Gasteiger partial charge in [0.2, 0.25) is 0 Å². The largest absolute Gasteiger partial charge is 0.378 e. The van der Waals surface area contributed by atoms with E-state index in [0.717, 1.165) is 13.0 Å². The van der Waals surface area contributed by atoms with Gasteiger partial charge in [0.05, 0.1) is 6.10 Å². The summed E-state index contributed by atoms with van der Waals surface area (Å²) < 4.78 is 5.91. The lowest BCUT2D eigenvalue weighted by molar-refractivity contribution is -0.128. The Kier molecular flexibility index (Phi) is 3.87. The summed E-state index contributed by atoms with van der Waals surface area (Å²) in [7, 11) is 0. The van der Waals surface area contributed by atoms with Crippen molar-refractivity contribution in [2.45, 2.75) is 64.6 Å². The van der Waals surface area contributed by atoms with Crippen LogP contribution in [-0.2, 0) is 11.2 Å². The van der Waals surface area contributed by atoms with Crippen molar-refractivity contribution in [2.24, 2.45) is 5.41 Å². The summed E-state index contributed by atoms with van der Waals surface area (Å²) in [5, 5.41) is 3.92. The fourth-order valence-electron chi connectivity index (χ4n) is 3.98. The van der Waals surface area contributed by atoms with Crippen LogP contribution in [0.4, 0.5) is 0 Å². The summed E-state index contributed by atoms with van der Waals surface area (Å²) >= 11 is 0. The zero-order valence-corrected chi connectivity index (χ0v) is 13.0. The van der Waals surface area contributed by atoms with Gasteiger partial charge in [-0.15, -0.1) is 0 Å². The Morgan fingerprint density at radius 3 is 2.85 bits per heavy atom. The molecule has 0 radical (unpaired) electrons. The molecule has 0 bridgehead atoms. The lowest BCUT2D eigenvalue weighted by atomic mass is 9.61. The summed E-state index contributed by atoms with van der Waals surface area (Å²) in [5.41, 5.74) is 3.35. The van der Waals surface area contributed by atoms with Gasteiger partial charge in [-0.3, -0.25) is 0 Å². The van der Waals surface area contributed by atoms with Crippen molar-refractivity contribution in [2.75, 3.05) is 6.61 Å². The first kappa shape index (κ1) is 14.1. The van der Waals surface area contributed by atoms with Crippen molar-refractivity contribution in [1.29, 1.82) is 0 Å². The van der Waals surface area contributed by atoms with Crippen molar-refractivity contribution in [3.8, 4) is 0 Å². The number of aryl methyl sites for hydroxylation is 1. The Hall–Kier alpha value is -0.860. The Bertz CT molecular complexity index is 472. The van der Waals surface area contributed by atoms with E-state index in [1.165, 1.54) is 30.4 Å². The van der Waals surface area contributed by atoms with Gasteiger partial charge in [0.15, 0.2) is 0 Å². The molecule has 0 aliphatic heterocycles. The summed E-state index contributed by atoms with van der Waals surface area (Å²) in [6.45, 7) is 7.61. The fourth-order valence-corrected chi connectivity index (χ4v) is 3.98. The molecule has 2 aliphatic carbocycles. The van der Waals surface area contributed by atoms with Crippen LogP contribution in [0.2, 0.25) is 0 Å². The van der Waals surface area contributed by atoms with Crippen LogP contribution in [0.1, 0.15) is 57.2 Å². The third-order valence-electron chi connectivity index (χ3n) is 5.65. The molecule has 1 aromatic rings.